The van der Waals surface area contributed by atoms with Crippen molar-refractivity contribution < 1.29 is 27.2 Å². The Kier molecular flexibility index (Phi) is 24.9. The van der Waals surface area contributed by atoms with Gasteiger partial charge in [-0.2, -0.15) is 0 Å². The molecule has 0 radical (unpaired) electrons. The van der Waals surface area contributed by atoms with E-state index in [0.717, 1.165) is 77.7 Å². The second-order valence-corrected chi connectivity index (χ2v) is 13.2. The molecular formula is C25H57NO6Si2. The van der Waals surface area contributed by atoms with Gasteiger partial charge in [-0.3, -0.25) is 0 Å². The Balaban J connectivity index is 3.72. The van der Waals surface area contributed by atoms with Gasteiger partial charge in [-0.1, -0.05) is 25.7 Å². The van der Waals surface area contributed by atoms with E-state index >= 15 is 0 Å². The molecule has 7 nitrogen and oxygen atoms in total. The highest BCUT2D eigenvalue weighted by Crippen LogP contribution is 2.09. The van der Waals surface area contributed by atoms with Crippen molar-refractivity contribution in [2.45, 2.75) is 104 Å². The van der Waals surface area contributed by atoms with Gasteiger partial charge in [0.25, 0.3) is 0 Å². The quantitative estimate of drug-likeness (QED) is 0.121. The van der Waals surface area contributed by atoms with E-state index in [0.29, 0.717) is 0 Å². The molecule has 0 bridgehead atoms. The average Bonchev–Trinajstić information content (AvgIpc) is 2.78. The number of nitrogens with zero attached hydrogens (tertiary/aromatic N) is 1. The van der Waals surface area contributed by atoms with Crippen LogP contribution in [0, 0.1) is 0 Å². The Morgan fingerprint density at radius 2 is 0.912 bits per heavy atom. The van der Waals surface area contributed by atoms with Crippen LogP contribution in [0.3, 0.4) is 0 Å². The first-order chi connectivity index (χ1) is 16.5. The van der Waals surface area contributed by atoms with Crippen molar-refractivity contribution in [2.75, 3.05) is 59.8 Å². The highest BCUT2D eigenvalue weighted by Gasteiger charge is 2.13. The zero-order valence-corrected chi connectivity index (χ0v) is 25.8. The van der Waals surface area contributed by atoms with Gasteiger partial charge < -0.3 is 32.1 Å². The standard InChI is InChI=1S/C25H57NO6Si2/c1-8-29-33(30-9-2)20-16-12-14-18-27-24(5)22-26(7)23-25(6)28-19-15-13-17-21-34(31-10-3)32-11-4/h24-25,33-34H,8-23H2,1-7H3. The lowest BCUT2D eigenvalue weighted by atomic mass is 10.2. The van der Waals surface area contributed by atoms with Crippen molar-refractivity contribution in [2.24, 2.45) is 0 Å². The van der Waals surface area contributed by atoms with Gasteiger partial charge in [-0.15, -0.1) is 0 Å². The molecule has 0 spiro atoms. The third-order valence-corrected chi connectivity index (χ3v) is 10.1. The third-order valence-electron chi connectivity index (χ3n) is 5.52. The Bertz CT molecular complexity index is 377. The fourth-order valence-electron chi connectivity index (χ4n) is 3.98. The van der Waals surface area contributed by atoms with E-state index in [1.54, 1.807) is 0 Å². The van der Waals surface area contributed by atoms with Gasteiger partial charge in [0.2, 0.25) is 0 Å². The summed E-state index contributed by atoms with van der Waals surface area (Å²) < 4.78 is 35.0. The summed E-state index contributed by atoms with van der Waals surface area (Å²) in [5.74, 6) is 0. The van der Waals surface area contributed by atoms with Crippen molar-refractivity contribution >= 4 is 18.6 Å². The number of ether oxygens (including phenoxy) is 2. The zero-order valence-electron chi connectivity index (χ0n) is 23.5. The van der Waals surface area contributed by atoms with E-state index in [2.05, 4.69) is 25.8 Å². The summed E-state index contributed by atoms with van der Waals surface area (Å²) in [5.41, 5.74) is 0. The lowest BCUT2D eigenvalue weighted by Crippen LogP contribution is -2.35. The molecule has 0 aliphatic heterocycles. The summed E-state index contributed by atoms with van der Waals surface area (Å²) in [6.07, 6.45) is 7.37. The molecule has 0 amide bonds. The maximum absolute atomic E-state index is 6.02. The van der Waals surface area contributed by atoms with Crippen LogP contribution in [0.2, 0.25) is 12.1 Å². The van der Waals surface area contributed by atoms with Crippen LogP contribution >= 0.6 is 0 Å². The van der Waals surface area contributed by atoms with Crippen LogP contribution < -0.4 is 0 Å². The maximum Gasteiger partial charge on any atom is 0.321 e. The summed E-state index contributed by atoms with van der Waals surface area (Å²) in [6.45, 7) is 19.1. The van der Waals surface area contributed by atoms with Crippen LogP contribution in [-0.4, -0.2) is 95.5 Å². The van der Waals surface area contributed by atoms with E-state index in [1.165, 1.54) is 25.7 Å². The lowest BCUT2D eigenvalue weighted by Gasteiger charge is -2.25. The molecule has 0 saturated carbocycles. The van der Waals surface area contributed by atoms with Crippen molar-refractivity contribution in [1.82, 2.24) is 4.90 Å². The van der Waals surface area contributed by atoms with Crippen LogP contribution in [0.5, 0.6) is 0 Å². The normalized spacial score (nSPS) is 13.9. The van der Waals surface area contributed by atoms with Gasteiger partial charge in [-0.25, -0.2) is 0 Å². The summed E-state index contributed by atoms with van der Waals surface area (Å²) >= 11 is 0. The van der Waals surface area contributed by atoms with Crippen LogP contribution in [-0.2, 0) is 27.2 Å². The molecule has 0 aromatic heterocycles. The summed E-state index contributed by atoms with van der Waals surface area (Å²) in [4.78, 5) is 2.32. The monoisotopic (exact) mass is 523 g/mol. The molecule has 206 valence electrons. The summed E-state index contributed by atoms with van der Waals surface area (Å²) in [6, 6.07) is 2.20. The summed E-state index contributed by atoms with van der Waals surface area (Å²) in [5, 5.41) is 0. The van der Waals surface area contributed by atoms with E-state index in [4.69, 9.17) is 27.2 Å². The first-order valence-corrected chi connectivity index (χ1v) is 17.4. The minimum absolute atomic E-state index is 0.235. The van der Waals surface area contributed by atoms with Gasteiger partial charge in [0, 0.05) is 52.7 Å². The number of unbranched alkanes of at least 4 members (excludes halogenated alkanes) is 4. The summed E-state index contributed by atoms with van der Waals surface area (Å²) in [7, 11) is -0.712. The molecule has 0 N–H and O–H groups in total. The van der Waals surface area contributed by atoms with Gasteiger partial charge in [0.1, 0.15) is 0 Å². The van der Waals surface area contributed by atoms with E-state index in [9.17, 15) is 0 Å². The molecular weight excluding hydrogens is 466 g/mol. The van der Waals surface area contributed by atoms with Crippen molar-refractivity contribution in [3.63, 3.8) is 0 Å². The minimum atomic E-state index is -1.43. The largest absolute Gasteiger partial charge is 0.397 e. The highest BCUT2D eigenvalue weighted by molar-refractivity contribution is 6.44. The SMILES string of the molecule is CCO[SiH](CCCCCOC(C)CN(C)CC(C)OCCCCC[SiH](OCC)OCC)OCC. The molecule has 0 aromatic rings. The van der Waals surface area contributed by atoms with Crippen LogP contribution in [0.15, 0.2) is 0 Å². The number of hydrogen-bond acceptors (Lipinski definition) is 7. The molecule has 2 atom stereocenters. The molecule has 0 aromatic carbocycles. The fraction of sp³-hybridized carbons (Fsp3) is 1.00. The predicted octanol–water partition coefficient (Wildman–Crippen LogP) is 4.66. The molecule has 0 aliphatic carbocycles. The van der Waals surface area contributed by atoms with Crippen LogP contribution in [0.25, 0.3) is 0 Å². The Labute approximate surface area is 214 Å². The number of hydrogen-bond donors (Lipinski definition) is 0. The molecule has 0 heterocycles. The lowest BCUT2D eigenvalue weighted by molar-refractivity contribution is 0.0119. The Morgan fingerprint density at radius 1 is 0.559 bits per heavy atom. The smallest absolute Gasteiger partial charge is 0.321 e. The molecule has 9 heteroatoms. The Hall–Kier alpha value is 0.154. The number of rotatable bonds is 26. The first kappa shape index (κ1) is 34.2. The predicted molar refractivity (Wildman–Crippen MR) is 146 cm³/mol. The van der Waals surface area contributed by atoms with E-state index in [1.807, 2.05) is 27.7 Å². The van der Waals surface area contributed by atoms with Crippen molar-refractivity contribution in [3.05, 3.63) is 0 Å². The Morgan fingerprint density at radius 3 is 1.24 bits per heavy atom. The molecule has 0 aliphatic rings. The van der Waals surface area contributed by atoms with Gasteiger partial charge in [0.15, 0.2) is 0 Å². The van der Waals surface area contributed by atoms with E-state index < -0.39 is 18.6 Å². The molecule has 0 fully saturated rings. The molecule has 2 unspecified atom stereocenters. The van der Waals surface area contributed by atoms with Crippen LogP contribution in [0.1, 0.15) is 80.1 Å². The van der Waals surface area contributed by atoms with Gasteiger partial charge >= 0.3 is 18.6 Å². The molecule has 0 saturated heterocycles. The second-order valence-electron chi connectivity index (χ2n) is 8.96. The third kappa shape index (κ3) is 21.4. The van der Waals surface area contributed by atoms with Gasteiger partial charge in [0.05, 0.1) is 12.2 Å². The van der Waals surface area contributed by atoms with Crippen molar-refractivity contribution in [3.8, 4) is 0 Å². The fourth-order valence-corrected chi connectivity index (χ4v) is 7.57. The molecule has 34 heavy (non-hydrogen) atoms. The topological polar surface area (TPSA) is 58.6 Å². The highest BCUT2D eigenvalue weighted by atomic mass is 28.3. The maximum atomic E-state index is 6.02. The first-order valence-electron chi connectivity index (χ1n) is 13.8. The second kappa shape index (κ2) is 24.8. The number of likely N-dealkylation sites (N-methyl/N-ethyl adjacent to an activating group) is 1. The van der Waals surface area contributed by atoms with Crippen LogP contribution in [0.4, 0.5) is 0 Å². The van der Waals surface area contributed by atoms with Gasteiger partial charge in [-0.05, 0) is 73.5 Å². The minimum Gasteiger partial charge on any atom is -0.397 e. The van der Waals surface area contributed by atoms with E-state index in [-0.39, 0.29) is 12.2 Å². The molecule has 0 rings (SSSR count). The zero-order chi connectivity index (χ0) is 25.4. The van der Waals surface area contributed by atoms with Crippen molar-refractivity contribution in [1.29, 1.82) is 0 Å². The average molecular weight is 524 g/mol.